The van der Waals surface area contributed by atoms with Crippen LogP contribution in [0.2, 0.25) is 0 Å². The van der Waals surface area contributed by atoms with Crippen LogP contribution >= 0.6 is 0 Å². The van der Waals surface area contributed by atoms with E-state index in [1.165, 1.54) is 132 Å². The molecule has 0 bridgehead atoms. The van der Waals surface area contributed by atoms with Crippen molar-refractivity contribution >= 4 is 76.2 Å². The smallest absolute Gasteiger partial charge is 0.0634 e. The summed E-state index contributed by atoms with van der Waals surface area (Å²) in [5.41, 5.74) is 21.2. The maximum Gasteiger partial charge on any atom is 0.0634 e. The third-order valence-electron chi connectivity index (χ3n) is 15.7. The van der Waals surface area contributed by atoms with Gasteiger partial charge in [0, 0.05) is 43.1 Å². The molecule has 0 saturated carbocycles. The first-order valence-electron chi connectivity index (χ1n) is 25.3. The van der Waals surface area contributed by atoms with Gasteiger partial charge in [-0.15, -0.1) is 0 Å². The van der Waals surface area contributed by atoms with Crippen LogP contribution in [0, 0.1) is 0 Å². The zero-order chi connectivity index (χ0) is 48.7. The van der Waals surface area contributed by atoms with Crippen LogP contribution in [0.4, 0.5) is 0 Å². The fourth-order valence-corrected chi connectivity index (χ4v) is 11.7. The Balaban J connectivity index is 1.35. The van der Waals surface area contributed by atoms with Crippen molar-refractivity contribution in [1.82, 2.24) is 8.80 Å². The lowest BCUT2D eigenvalue weighted by atomic mass is 9.78. The first-order chi connectivity index (χ1) is 31.5. The van der Waals surface area contributed by atoms with Crippen molar-refractivity contribution in [3.8, 4) is 22.3 Å². The molecule has 0 fully saturated rings. The van der Waals surface area contributed by atoms with Gasteiger partial charge in [-0.25, -0.2) is 0 Å². The molecule has 4 aromatic heterocycles. The number of fused-ring (bicyclic) bond motifs is 14. The highest BCUT2D eigenvalue weighted by atomic mass is 14.9. The van der Waals surface area contributed by atoms with Crippen LogP contribution < -0.4 is 0 Å². The number of nitrogens with zero attached hydrogens (tertiary/aromatic N) is 2. The minimum absolute atomic E-state index is 0.00963. The number of hydrogen-bond donors (Lipinski definition) is 0. The van der Waals surface area contributed by atoms with Crippen molar-refractivity contribution in [2.24, 2.45) is 0 Å². The summed E-state index contributed by atoms with van der Waals surface area (Å²) in [7, 11) is 0. The molecule has 0 radical (unpaired) electrons. The Bertz CT molecular complexity index is 3610. The molecule has 11 rings (SSSR count). The summed E-state index contributed by atoms with van der Waals surface area (Å²) < 4.78 is 5.34. The van der Waals surface area contributed by atoms with Crippen LogP contribution in [-0.2, 0) is 32.5 Å². The Morgan fingerprint density at radius 1 is 0.265 bits per heavy atom. The topological polar surface area (TPSA) is 8.82 Å². The van der Waals surface area contributed by atoms with Crippen LogP contribution in [-0.4, -0.2) is 8.80 Å². The Morgan fingerprint density at radius 2 is 0.529 bits per heavy atom. The first kappa shape index (κ1) is 44.6. The molecule has 0 spiro atoms. The quantitative estimate of drug-likeness (QED) is 0.163. The van der Waals surface area contributed by atoms with Crippen LogP contribution in [0.1, 0.15) is 158 Å². The van der Waals surface area contributed by atoms with Gasteiger partial charge >= 0.3 is 0 Å². The van der Waals surface area contributed by atoms with E-state index < -0.39 is 0 Å². The normalized spacial score (nSPS) is 14.0. The summed E-state index contributed by atoms with van der Waals surface area (Å²) in [5, 5.41) is 10.7. The molecule has 68 heavy (non-hydrogen) atoms. The summed E-state index contributed by atoms with van der Waals surface area (Å²) >= 11 is 0. The molecule has 7 aromatic carbocycles. The predicted octanol–water partition coefficient (Wildman–Crippen LogP) is 19.1. The molecule has 0 aliphatic carbocycles. The molecule has 0 aliphatic heterocycles. The predicted molar refractivity (Wildman–Crippen MR) is 299 cm³/mol. The van der Waals surface area contributed by atoms with E-state index in [0.717, 1.165) is 0 Å². The molecule has 0 amide bonds. The number of aromatic nitrogens is 2. The van der Waals surface area contributed by atoms with Gasteiger partial charge in [0.25, 0.3) is 0 Å². The molecule has 0 unspecified atom stereocenters. The van der Waals surface area contributed by atoms with Gasteiger partial charge in [-0.1, -0.05) is 210 Å². The Hall–Kier alpha value is -5.86. The molecule has 2 nitrogen and oxygen atoms in total. The van der Waals surface area contributed by atoms with Crippen molar-refractivity contribution in [3.63, 3.8) is 0 Å². The van der Waals surface area contributed by atoms with E-state index in [9.17, 15) is 0 Å². The van der Waals surface area contributed by atoms with Crippen molar-refractivity contribution in [1.29, 1.82) is 0 Å². The summed E-state index contributed by atoms with van der Waals surface area (Å²) in [6.45, 7) is 42.2. The van der Waals surface area contributed by atoms with Crippen molar-refractivity contribution < 1.29 is 0 Å². The van der Waals surface area contributed by atoms with Crippen LogP contribution in [0.3, 0.4) is 0 Å². The van der Waals surface area contributed by atoms with E-state index in [1.54, 1.807) is 0 Å². The minimum atomic E-state index is -0.0223. The van der Waals surface area contributed by atoms with Crippen LogP contribution in [0.5, 0.6) is 0 Å². The third kappa shape index (κ3) is 6.48. The second-order valence-electron chi connectivity index (χ2n) is 26.8. The second kappa shape index (κ2) is 13.9. The molecule has 11 aromatic rings. The number of benzene rings is 7. The molecular formula is C66H72N2. The maximum atomic E-state index is 2.67. The van der Waals surface area contributed by atoms with Gasteiger partial charge in [-0.2, -0.15) is 0 Å². The summed E-state index contributed by atoms with van der Waals surface area (Å²) in [4.78, 5) is 0. The van der Waals surface area contributed by atoms with Crippen molar-refractivity contribution in [2.45, 2.75) is 157 Å². The summed E-state index contributed by atoms with van der Waals surface area (Å²) in [6, 6.07) is 44.0. The SMILES string of the molecule is CC(C)(C)c1ccc(C(C)(C)C)c(-c2ccc3c4c5c6ccc(C(C)(C)C)cc6n6c7cc(-c8cc(C(C)(C)C)ccc8C(C)(C)C)ccc7c(c7c8ccc(C(C)(C)C)cc8n(c3c2)c47)c56)c1. The Kier molecular flexibility index (Phi) is 9.12. The standard InChI is InChI=1S/C66H72N2/c1-61(2,3)39-23-29-49(65(13,14)15)47(33-39)37-19-25-43-51(31-37)67-53-35-41(63(7,8)9)21-27-45(53)58-56-44-26-20-38(48-34-40(62(4,5)6)24-30-50(48)66(16,17)18)32-52(44)68-54-36-42(64(10,11)12)22-28-46(54)57(60(56)68)55(43)59(58)67/h19-36H,1-18H3. The second-order valence-corrected chi connectivity index (χ2v) is 26.8. The van der Waals surface area contributed by atoms with Gasteiger partial charge in [-0.3, -0.25) is 0 Å². The highest BCUT2D eigenvalue weighted by Gasteiger charge is 2.32. The van der Waals surface area contributed by atoms with E-state index in [4.69, 9.17) is 0 Å². The van der Waals surface area contributed by atoms with Crippen molar-refractivity contribution in [3.05, 3.63) is 143 Å². The average Bonchev–Trinajstić information content (AvgIpc) is 3.96. The lowest BCUT2D eigenvalue weighted by molar-refractivity contribution is 0.578. The van der Waals surface area contributed by atoms with Crippen LogP contribution in [0.25, 0.3) is 98.4 Å². The molecule has 0 N–H and O–H groups in total. The van der Waals surface area contributed by atoms with Gasteiger partial charge in [0.2, 0.25) is 0 Å². The van der Waals surface area contributed by atoms with E-state index in [1.807, 2.05) is 0 Å². The summed E-state index contributed by atoms with van der Waals surface area (Å²) in [5.74, 6) is 0. The lowest BCUT2D eigenvalue weighted by Crippen LogP contribution is -2.16. The van der Waals surface area contributed by atoms with Gasteiger partial charge in [0.1, 0.15) is 0 Å². The molecule has 0 saturated heterocycles. The highest BCUT2D eigenvalue weighted by molar-refractivity contribution is 6.45. The van der Waals surface area contributed by atoms with Crippen LogP contribution in [0.15, 0.2) is 109 Å². The average molecular weight is 893 g/mol. The minimum Gasteiger partial charge on any atom is -0.308 e. The number of rotatable bonds is 2. The highest BCUT2D eigenvalue weighted by Crippen LogP contribution is 2.53. The Morgan fingerprint density at radius 3 is 0.824 bits per heavy atom. The molecule has 0 atom stereocenters. The zero-order valence-electron chi connectivity index (χ0n) is 44.3. The van der Waals surface area contributed by atoms with Gasteiger partial charge in [0.15, 0.2) is 0 Å². The largest absolute Gasteiger partial charge is 0.308 e. The zero-order valence-corrected chi connectivity index (χ0v) is 44.3. The van der Waals surface area contributed by atoms with Crippen molar-refractivity contribution in [2.75, 3.05) is 0 Å². The molecule has 2 heteroatoms. The fourth-order valence-electron chi connectivity index (χ4n) is 11.7. The molecule has 346 valence electrons. The first-order valence-corrected chi connectivity index (χ1v) is 25.3. The van der Waals surface area contributed by atoms with Gasteiger partial charge < -0.3 is 8.80 Å². The molecular weight excluding hydrogens is 821 g/mol. The summed E-state index contributed by atoms with van der Waals surface area (Å²) in [6.07, 6.45) is 0. The van der Waals surface area contributed by atoms with E-state index in [-0.39, 0.29) is 32.5 Å². The van der Waals surface area contributed by atoms with E-state index in [2.05, 4.69) is 243 Å². The van der Waals surface area contributed by atoms with E-state index >= 15 is 0 Å². The molecule has 0 aliphatic rings. The van der Waals surface area contributed by atoms with E-state index in [0.29, 0.717) is 0 Å². The Labute approximate surface area is 405 Å². The fraction of sp³-hybridized carbons (Fsp3) is 0.364. The maximum absolute atomic E-state index is 2.67. The third-order valence-corrected chi connectivity index (χ3v) is 15.7. The molecule has 4 heterocycles. The lowest BCUT2D eigenvalue weighted by Gasteiger charge is -2.27. The monoisotopic (exact) mass is 893 g/mol. The van der Waals surface area contributed by atoms with Gasteiger partial charge in [-0.05, 0) is 112 Å². The van der Waals surface area contributed by atoms with Gasteiger partial charge in [0.05, 0.1) is 33.1 Å². The number of hydrogen-bond acceptors (Lipinski definition) is 0.